The van der Waals surface area contributed by atoms with E-state index >= 15 is 0 Å². The molecule has 3 aromatic carbocycles. The molecule has 3 aromatic rings. The van der Waals surface area contributed by atoms with Crippen molar-refractivity contribution in [3.8, 4) is 5.75 Å². The summed E-state index contributed by atoms with van der Waals surface area (Å²) in [5, 5.41) is 15.4. The van der Waals surface area contributed by atoms with Crippen molar-refractivity contribution < 1.29 is 14.2 Å². The Morgan fingerprint density at radius 1 is 1.15 bits per heavy atom. The van der Waals surface area contributed by atoms with Crippen molar-refractivity contribution in [2.24, 2.45) is 0 Å². The lowest BCUT2D eigenvalue weighted by Gasteiger charge is -2.18. The molecule has 2 N–H and O–H groups in total. The van der Waals surface area contributed by atoms with Gasteiger partial charge in [0, 0.05) is 23.7 Å². The molecule has 3 rings (SSSR count). The van der Waals surface area contributed by atoms with Gasteiger partial charge < -0.3 is 15.2 Å². The van der Waals surface area contributed by atoms with Crippen molar-refractivity contribution in [2.45, 2.75) is 32.5 Å². The van der Waals surface area contributed by atoms with Crippen LogP contribution in [-0.2, 0) is 13.2 Å². The molecular formula is C22H23ClFNO2. The van der Waals surface area contributed by atoms with Gasteiger partial charge in [-0.15, -0.1) is 0 Å². The number of hydrogen-bond acceptors (Lipinski definition) is 3. The van der Waals surface area contributed by atoms with E-state index in [-0.39, 0.29) is 25.1 Å². The number of halogens is 2. The van der Waals surface area contributed by atoms with Crippen LogP contribution in [0.5, 0.6) is 5.75 Å². The minimum absolute atomic E-state index is 0.0309. The summed E-state index contributed by atoms with van der Waals surface area (Å²) in [5.74, 6) is 0.378. The minimum atomic E-state index is -0.367. The third-order valence-corrected chi connectivity index (χ3v) is 5.03. The molecule has 3 nitrogen and oxygen atoms in total. The third-order valence-electron chi connectivity index (χ3n) is 4.68. The molecule has 0 unspecified atom stereocenters. The minimum Gasteiger partial charge on any atom is -0.488 e. The van der Waals surface area contributed by atoms with E-state index in [0.717, 1.165) is 34.1 Å². The van der Waals surface area contributed by atoms with E-state index < -0.39 is 0 Å². The molecule has 0 aliphatic heterocycles. The summed E-state index contributed by atoms with van der Waals surface area (Å²) in [4.78, 5) is 0. The maximum Gasteiger partial charge on any atom is 0.124 e. The number of aliphatic hydroxyl groups is 1. The highest BCUT2D eigenvalue weighted by Gasteiger charge is 2.12. The number of aliphatic hydroxyl groups excluding tert-OH is 1. The van der Waals surface area contributed by atoms with Crippen LogP contribution in [0.4, 0.5) is 4.39 Å². The molecule has 0 fully saturated rings. The molecule has 0 radical (unpaired) electrons. The van der Waals surface area contributed by atoms with Crippen LogP contribution in [-0.4, -0.2) is 17.8 Å². The van der Waals surface area contributed by atoms with Gasteiger partial charge in [0.25, 0.3) is 0 Å². The van der Waals surface area contributed by atoms with Crippen molar-refractivity contribution >= 4 is 22.4 Å². The summed E-state index contributed by atoms with van der Waals surface area (Å²) in [6.45, 7) is 2.95. The Bertz CT molecular complexity index is 912. The van der Waals surface area contributed by atoms with E-state index in [9.17, 15) is 9.50 Å². The van der Waals surface area contributed by atoms with Gasteiger partial charge in [-0.3, -0.25) is 0 Å². The molecule has 0 saturated carbocycles. The Labute approximate surface area is 163 Å². The molecule has 0 amide bonds. The van der Waals surface area contributed by atoms with Crippen LogP contribution >= 0.6 is 11.6 Å². The Balaban J connectivity index is 1.87. The zero-order chi connectivity index (χ0) is 19.2. The highest BCUT2D eigenvalue weighted by molar-refractivity contribution is 6.31. The van der Waals surface area contributed by atoms with Gasteiger partial charge in [0.15, 0.2) is 0 Å². The molecule has 27 heavy (non-hydrogen) atoms. The van der Waals surface area contributed by atoms with Gasteiger partial charge in [-0.1, -0.05) is 54.9 Å². The predicted octanol–water partition coefficient (Wildman–Crippen LogP) is 5.07. The lowest BCUT2D eigenvalue weighted by molar-refractivity contribution is 0.237. The monoisotopic (exact) mass is 387 g/mol. The number of benzene rings is 3. The summed E-state index contributed by atoms with van der Waals surface area (Å²) >= 11 is 6.11. The second-order valence-electron chi connectivity index (χ2n) is 6.46. The predicted molar refractivity (Wildman–Crippen MR) is 108 cm³/mol. The topological polar surface area (TPSA) is 41.5 Å². The normalized spacial score (nSPS) is 12.3. The zero-order valence-corrected chi connectivity index (χ0v) is 16.0. The summed E-state index contributed by atoms with van der Waals surface area (Å²) in [6.07, 6.45) is 0.836. The lowest BCUT2D eigenvalue weighted by Crippen LogP contribution is -2.31. The summed E-state index contributed by atoms with van der Waals surface area (Å²) in [6, 6.07) is 16.4. The van der Waals surface area contributed by atoms with Crippen LogP contribution in [0.25, 0.3) is 10.8 Å². The number of nitrogens with one attached hydrogen (secondary N) is 1. The van der Waals surface area contributed by atoms with Crippen molar-refractivity contribution in [3.05, 3.63) is 76.6 Å². The fourth-order valence-electron chi connectivity index (χ4n) is 3.01. The molecule has 0 aliphatic carbocycles. The van der Waals surface area contributed by atoms with E-state index in [4.69, 9.17) is 16.3 Å². The average molecular weight is 388 g/mol. The summed E-state index contributed by atoms with van der Waals surface area (Å²) in [7, 11) is 0. The molecule has 0 heterocycles. The molecule has 0 saturated heterocycles. The first-order valence-corrected chi connectivity index (χ1v) is 9.41. The van der Waals surface area contributed by atoms with E-state index in [0.29, 0.717) is 11.6 Å². The fourth-order valence-corrected chi connectivity index (χ4v) is 3.23. The van der Waals surface area contributed by atoms with Crippen molar-refractivity contribution in [1.82, 2.24) is 5.32 Å². The van der Waals surface area contributed by atoms with Crippen LogP contribution < -0.4 is 10.1 Å². The molecule has 0 bridgehead atoms. The van der Waals surface area contributed by atoms with Crippen molar-refractivity contribution in [3.63, 3.8) is 0 Å². The Morgan fingerprint density at radius 2 is 1.96 bits per heavy atom. The summed E-state index contributed by atoms with van der Waals surface area (Å²) in [5.41, 5.74) is 1.75. The van der Waals surface area contributed by atoms with Crippen molar-refractivity contribution in [1.29, 1.82) is 0 Å². The van der Waals surface area contributed by atoms with Gasteiger partial charge >= 0.3 is 0 Å². The first-order chi connectivity index (χ1) is 13.1. The number of fused-ring (bicyclic) bond motifs is 1. The fraction of sp³-hybridized carbons (Fsp3) is 0.273. The average Bonchev–Trinajstić information content (AvgIpc) is 2.68. The van der Waals surface area contributed by atoms with Crippen LogP contribution in [0, 0.1) is 5.82 Å². The molecule has 5 heteroatoms. The Morgan fingerprint density at radius 3 is 2.70 bits per heavy atom. The highest BCUT2D eigenvalue weighted by Crippen LogP contribution is 2.29. The van der Waals surface area contributed by atoms with Gasteiger partial charge in [-0.2, -0.15) is 0 Å². The lowest BCUT2D eigenvalue weighted by atomic mass is 10.0. The van der Waals surface area contributed by atoms with Gasteiger partial charge in [-0.25, -0.2) is 4.39 Å². The van der Waals surface area contributed by atoms with E-state index in [1.807, 2.05) is 31.2 Å². The van der Waals surface area contributed by atoms with Gasteiger partial charge in [0.05, 0.1) is 11.6 Å². The first kappa shape index (κ1) is 19.6. The zero-order valence-electron chi connectivity index (χ0n) is 15.2. The van der Waals surface area contributed by atoms with Crippen LogP contribution in [0.2, 0.25) is 5.02 Å². The third kappa shape index (κ3) is 4.78. The second kappa shape index (κ2) is 9.18. The molecule has 0 aromatic heterocycles. The van der Waals surface area contributed by atoms with Gasteiger partial charge in [-0.05, 0) is 35.4 Å². The molecule has 0 aliphatic rings. The van der Waals surface area contributed by atoms with E-state index in [1.54, 1.807) is 6.07 Å². The van der Waals surface area contributed by atoms with Crippen molar-refractivity contribution in [2.75, 3.05) is 6.61 Å². The smallest absolute Gasteiger partial charge is 0.124 e. The van der Waals surface area contributed by atoms with Gasteiger partial charge in [0.2, 0.25) is 0 Å². The maximum atomic E-state index is 13.2. The number of hydrogen-bond donors (Lipinski definition) is 2. The standard InChI is InChI=1S/C22H23ClFNO2/c1-2-18(13-26)25-12-20-19-6-4-3-5-15(19)8-10-22(20)27-14-16-7-9-17(24)11-21(16)23/h3-11,18,25-26H,2,12-14H2,1H3/t18-/m0/s1. The van der Waals surface area contributed by atoms with E-state index in [1.165, 1.54) is 12.1 Å². The first-order valence-electron chi connectivity index (χ1n) is 9.04. The highest BCUT2D eigenvalue weighted by atomic mass is 35.5. The molecule has 142 valence electrons. The Hall–Kier alpha value is -2.14. The summed E-state index contributed by atoms with van der Waals surface area (Å²) < 4.78 is 19.3. The number of ether oxygens (including phenoxy) is 1. The van der Waals surface area contributed by atoms with Gasteiger partial charge in [0.1, 0.15) is 18.2 Å². The second-order valence-corrected chi connectivity index (χ2v) is 6.86. The SMILES string of the molecule is CC[C@@H](CO)NCc1c(OCc2ccc(F)cc2Cl)ccc2ccccc12. The van der Waals surface area contributed by atoms with E-state index in [2.05, 4.69) is 17.4 Å². The molecule has 0 spiro atoms. The van der Waals surface area contributed by atoms with Crippen LogP contribution in [0.15, 0.2) is 54.6 Å². The maximum absolute atomic E-state index is 13.2. The Kier molecular flexibility index (Phi) is 6.67. The number of rotatable bonds is 8. The molecule has 1 atom stereocenters. The quantitative estimate of drug-likeness (QED) is 0.567. The van der Waals surface area contributed by atoms with Crippen LogP contribution in [0.3, 0.4) is 0 Å². The van der Waals surface area contributed by atoms with Crippen LogP contribution in [0.1, 0.15) is 24.5 Å². The largest absolute Gasteiger partial charge is 0.488 e. The molecular weight excluding hydrogens is 365 g/mol.